The standard InChI is InChI=1S/C19H22N4OS/c1-14-4-3-9-22(11-14)12-15-5-6-17-16(10-15)23(13-24-2)18-19(25-17)21-8-7-20-18/h4-8,10H,3,9,11-13H2,1-2H3. The molecule has 0 amide bonds. The lowest BCUT2D eigenvalue weighted by atomic mass is 10.1. The number of fused-ring (bicyclic) bond motifs is 2. The van der Waals surface area contributed by atoms with Crippen LogP contribution in [0.5, 0.6) is 0 Å². The summed E-state index contributed by atoms with van der Waals surface area (Å²) in [5.74, 6) is 0.871. The molecule has 0 radical (unpaired) electrons. The smallest absolute Gasteiger partial charge is 0.168 e. The fraction of sp³-hybridized carbons (Fsp3) is 0.368. The first-order valence-electron chi connectivity index (χ1n) is 8.51. The Labute approximate surface area is 152 Å². The Morgan fingerprint density at radius 1 is 1.24 bits per heavy atom. The highest BCUT2D eigenvalue weighted by Gasteiger charge is 2.26. The zero-order chi connectivity index (χ0) is 17.2. The highest BCUT2D eigenvalue weighted by Crippen LogP contribution is 2.46. The first kappa shape index (κ1) is 16.6. The summed E-state index contributed by atoms with van der Waals surface area (Å²) in [6.45, 7) is 5.83. The van der Waals surface area contributed by atoms with E-state index in [0.717, 1.165) is 42.6 Å². The van der Waals surface area contributed by atoms with Crippen LogP contribution < -0.4 is 4.90 Å². The van der Waals surface area contributed by atoms with Crippen LogP contribution in [0.1, 0.15) is 18.9 Å². The van der Waals surface area contributed by atoms with Gasteiger partial charge >= 0.3 is 0 Å². The zero-order valence-electron chi connectivity index (χ0n) is 14.6. The summed E-state index contributed by atoms with van der Waals surface area (Å²) in [7, 11) is 1.71. The minimum Gasteiger partial charge on any atom is -0.364 e. The van der Waals surface area contributed by atoms with E-state index >= 15 is 0 Å². The van der Waals surface area contributed by atoms with Crippen LogP contribution in [0.15, 0.2) is 52.2 Å². The minimum atomic E-state index is 0.467. The van der Waals surface area contributed by atoms with Crippen LogP contribution in [0.3, 0.4) is 0 Å². The molecule has 0 bridgehead atoms. The van der Waals surface area contributed by atoms with Crippen LogP contribution in [0.25, 0.3) is 0 Å². The molecule has 0 saturated heterocycles. The van der Waals surface area contributed by atoms with Crippen molar-refractivity contribution < 1.29 is 4.74 Å². The zero-order valence-corrected chi connectivity index (χ0v) is 15.4. The Morgan fingerprint density at radius 3 is 2.96 bits per heavy atom. The molecule has 2 aromatic rings. The van der Waals surface area contributed by atoms with Crippen LogP contribution in [-0.4, -0.2) is 41.8 Å². The van der Waals surface area contributed by atoms with E-state index in [1.54, 1.807) is 31.3 Å². The van der Waals surface area contributed by atoms with Crippen molar-refractivity contribution in [3.8, 4) is 0 Å². The molecule has 1 aromatic heterocycles. The first-order chi connectivity index (χ1) is 12.2. The summed E-state index contributed by atoms with van der Waals surface area (Å²) in [6.07, 6.45) is 6.96. The molecule has 0 spiro atoms. The van der Waals surface area contributed by atoms with Gasteiger partial charge in [0.1, 0.15) is 11.8 Å². The summed E-state index contributed by atoms with van der Waals surface area (Å²) >= 11 is 1.67. The number of hydrogen-bond acceptors (Lipinski definition) is 6. The molecule has 5 nitrogen and oxygen atoms in total. The van der Waals surface area contributed by atoms with Gasteiger partial charge in [0.25, 0.3) is 0 Å². The molecule has 4 rings (SSSR count). The van der Waals surface area contributed by atoms with E-state index in [-0.39, 0.29) is 0 Å². The topological polar surface area (TPSA) is 41.5 Å². The maximum atomic E-state index is 5.43. The van der Waals surface area contributed by atoms with Crippen LogP contribution in [0, 0.1) is 0 Å². The van der Waals surface area contributed by atoms with Gasteiger partial charge in [-0.05, 0) is 31.0 Å². The highest BCUT2D eigenvalue weighted by molar-refractivity contribution is 7.99. The number of ether oxygens (including phenoxy) is 1. The van der Waals surface area contributed by atoms with Crippen molar-refractivity contribution in [3.05, 3.63) is 47.8 Å². The predicted octanol–water partition coefficient (Wildman–Crippen LogP) is 3.84. The number of methoxy groups -OCH3 is 1. The van der Waals surface area contributed by atoms with Gasteiger partial charge in [-0.1, -0.05) is 29.5 Å². The molecule has 25 heavy (non-hydrogen) atoms. The average Bonchev–Trinajstić information content (AvgIpc) is 2.62. The van der Waals surface area contributed by atoms with Gasteiger partial charge < -0.3 is 4.74 Å². The maximum absolute atomic E-state index is 5.43. The monoisotopic (exact) mass is 354 g/mol. The Kier molecular flexibility index (Phi) is 4.74. The van der Waals surface area contributed by atoms with E-state index in [1.165, 1.54) is 16.0 Å². The van der Waals surface area contributed by atoms with Crippen LogP contribution in [-0.2, 0) is 11.3 Å². The van der Waals surface area contributed by atoms with E-state index in [2.05, 4.69) is 51.0 Å². The molecule has 0 atom stereocenters. The third-order valence-electron chi connectivity index (χ3n) is 4.50. The van der Waals surface area contributed by atoms with Crippen LogP contribution >= 0.6 is 11.8 Å². The number of benzene rings is 1. The Hall–Kier alpha value is -1.89. The van der Waals surface area contributed by atoms with Gasteiger partial charge in [-0.25, -0.2) is 9.97 Å². The van der Waals surface area contributed by atoms with Gasteiger partial charge in [0.05, 0.1) is 5.69 Å². The second-order valence-electron chi connectivity index (χ2n) is 6.48. The summed E-state index contributed by atoms with van der Waals surface area (Å²) in [6, 6.07) is 6.70. The summed E-state index contributed by atoms with van der Waals surface area (Å²) < 4.78 is 5.43. The molecule has 0 aliphatic carbocycles. The second kappa shape index (κ2) is 7.15. The second-order valence-corrected chi connectivity index (χ2v) is 7.52. The molecule has 2 aliphatic rings. The minimum absolute atomic E-state index is 0.467. The van der Waals surface area contributed by atoms with Crippen molar-refractivity contribution >= 4 is 23.3 Å². The third-order valence-corrected chi connectivity index (χ3v) is 5.54. The van der Waals surface area contributed by atoms with Crippen LogP contribution in [0.2, 0.25) is 0 Å². The molecule has 6 heteroatoms. The molecule has 0 N–H and O–H groups in total. The van der Waals surface area contributed by atoms with Gasteiger partial charge in [-0.3, -0.25) is 9.80 Å². The molecule has 130 valence electrons. The Morgan fingerprint density at radius 2 is 2.12 bits per heavy atom. The van der Waals surface area contributed by atoms with Gasteiger partial charge in [0.15, 0.2) is 5.82 Å². The lowest BCUT2D eigenvalue weighted by Gasteiger charge is -2.31. The van der Waals surface area contributed by atoms with Crippen LogP contribution in [0.4, 0.5) is 11.5 Å². The third kappa shape index (κ3) is 3.42. The Balaban J connectivity index is 1.63. The Bertz CT molecular complexity index is 808. The van der Waals surface area contributed by atoms with E-state index in [4.69, 9.17) is 4.74 Å². The van der Waals surface area contributed by atoms with E-state index in [0.29, 0.717) is 6.73 Å². The quantitative estimate of drug-likeness (QED) is 0.777. The SMILES string of the molecule is COCN1c2cc(CN3CCC=C(C)C3)ccc2Sc2nccnc21. The van der Waals surface area contributed by atoms with Crippen molar-refractivity contribution in [2.24, 2.45) is 0 Å². The molecule has 0 saturated carbocycles. The molecular weight excluding hydrogens is 332 g/mol. The predicted molar refractivity (Wildman–Crippen MR) is 100 cm³/mol. The maximum Gasteiger partial charge on any atom is 0.168 e. The number of nitrogens with zero attached hydrogens (tertiary/aromatic N) is 4. The average molecular weight is 354 g/mol. The van der Waals surface area contributed by atoms with Gasteiger partial charge in [0, 0.05) is 44.0 Å². The van der Waals surface area contributed by atoms with E-state index in [9.17, 15) is 0 Å². The number of rotatable bonds is 4. The number of aromatic nitrogens is 2. The molecule has 2 aliphatic heterocycles. The molecule has 0 fully saturated rings. The fourth-order valence-corrected chi connectivity index (χ4v) is 4.38. The number of hydrogen-bond donors (Lipinski definition) is 0. The summed E-state index contributed by atoms with van der Waals surface area (Å²) in [5, 5.41) is 0.927. The van der Waals surface area contributed by atoms with Gasteiger partial charge in [-0.15, -0.1) is 0 Å². The molecular formula is C19H22N4OS. The summed E-state index contributed by atoms with van der Waals surface area (Å²) in [4.78, 5) is 14.8. The first-order valence-corrected chi connectivity index (χ1v) is 9.32. The number of anilines is 2. The molecule has 0 unspecified atom stereocenters. The fourth-order valence-electron chi connectivity index (χ4n) is 3.39. The summed E-state index contributed by atoms with van der Waals surface area (Å²) in [5.41, 5.74) is 3.94. The van der Waals surface area contributed by atoms with E-state index < -0.39 is 0 Å². The van der Waals surface area contributed by atoms with Gasteiger partial charge in [-0.2, -0.15) is 0 Å². The van der Waals surface area contributed by atoms with Gasteiger partial charge in [0.2, 0.25) is 0 Å². The molecule has 1 aromatic carbocycles. The molecule has 3 heterocycles. The van der Waals surface area contributed by atoms with E-state index in [1.807, 2.05) is 0 Å². The van der Waals surface area contributed by atoms with Crippen molar-refractivity contribution in [1.82, 2.24) is 14.9 Å². The van der Waals surface area contributed by atoms with Crippen molar-refractivity contribution in [2.75, 3.05) is 31.8 Å². The largest absolute Gasteiger partial charge is 0.364 e. The van der Waals surface area contributed by atoms with Crippen molar-refractivity contribution in [2.45, 2.75) is 29.8 Å². The lowest BCUT2D eigenvalue weighted by Crippen LogP contribution is -2.29. The lowest BCUT2D eigenvalue weighted by molar-refractivity contribution is 0.204. The normalized spacial score (nSPS) is 17.0. The van der Waals surface area contributed by atoms with Crippen molar-refractivity contribution in [3.63, 3.8) is 0 Å². The highest BCUT2D eigenvalue weighted by atomic mass is 32.2. The van der Waals surface area contributed by atoms with Crippen molar-refractivity contribution in [1.29, 1.82) is 0 Å².